The second-order valence-electron chi connectivity index (χ2n) is 5.74. The van der Waals surface area contributed by atoms with Gasteiger partial charge in [-0.3, -0.25) is 4.79 Å². The van der Waals surface area contributed by atoms with E-state index in [-0.39, 0.29) is 5.43 Å². The van der Waals surface area contributed by atoms with E-state index in [1.165, 1.54) is 0 Å². The van der Waals surface area contributed by atoms with E-state index >= 15 is 0 Å². The third-order valence-corrected chi connectivity index (χ3v) is 3.91. The van der Waals surface area contributed by atoms with E-state index in [2.05, 4.69) is 23.2 Å². The molecule has 0 spiro atoms. The highest BCUT2D eigenvalue weighted by atomic mass is 16.5. The monoisotopic (exact) mass is 293 g/mol. The van der Waals surface area contributed by atoms with Crippen LogP contribution in [0.2, 0.25) is 0 Å². The van der Waals surface area contributed by atoms with Gasteiger partial charge in [0.1, 0.15) is 5.75 Å². The maximum absolute atomic E-state index is 13.0. The van der Waals surface area contributed by atoms with Gasteiger partial charge in [-0.15, -0.1) is 0 Å². The Balaban J connectivity index is 2.36. The highest BCUT2D eigenvalue weighted by Crippen LogP contribution is 2.25. The number of hydrogen-bond acceptors (Lipinski definition) is 2. The Morgan fingerprint density at radius 2 is 1.64 bits per heavy atom. The normalized spacial score (nSPS) is 10.9. The standard InChI is InChI=1S/C19H19NO2/c1-11-7-12(2)9-14(8-11)18-13(3)20-17-6-5-15(22-4)10-16(17)19(18)21/h5-10H,1-4H3,(H,20,21). The van der Waals surface area contributed by atoms with Crippen molar-refractivity contribution in [1.29, 1.82) is 0 Å². The molecule has 0 amide bonds. The first-order chi connectivity index (χ1) is 10.5. The number of pyridine rings is 1. The van der Waals surface area contributed by atoms with E-state index in [0.29, 0.717) is 11.1 Å². The zero-order valence-electron chi connectivity index (χ0n) is 13.3. The lowest BCUT2D eigenvalue weighted by Gasteiger charge is -2.11. The summed E-state index contributed by atoms with van der Waals surface area (Å²) in [6, 6.07) is 11.7. The Kier molecular flexibility index (Phi) is 3.49. The Morgan fingerprint density at radius 3 is 2.27 bits per heavy atom. The van der Waals surface area contributed by atoms with Gasteiger partial charge in [-0.1, -0.05) is 29.3 Å². The molecule has 0 saturated carbocycles. The molecule has 0 unspecified atom stereocenters. The molecular formula is C19H19NO2. The number of aryl methyl sites for hydroxylation is 3. The smallest absolute Gasteiger partial charge is 0.197 e. The zero-order chi connectivity index (χ0) is 15.9. The molecule has 0 aliphatic rings. The Hall–Kier alpha value is -2.55. The predicted molar refractivity (Wildman–Crippen MR) is 90.8 cm³/mol. The number of benzene rings is 2. The molecule has 0 atom stereocenters. The van der Waals surface area contributed by atoms with Crippen molar-refractivity contribution in [3.63, 3.8) is 0 Å². The van der Waals surface area contributed by atoms with Gasteiger partial charge in [0.15, 0.2) is 5.43 Å². The maximum Gasteiger partial charge on any atom is 0.197 e. The fourth-order valence-corrected chi connectivity index (χ4v) is 2.98. The van der Waals surface area contributed by atoms with E-state index in [1.54, 1.807) is 13.2 Å². The van der Waals surface area contributed by atoms with Crippen LogP contribution in [-0.2, 0) is 0 Å². The number of methoxy groups -OCH3 is 1. The van der Waals surface area contributed by atoms with Gasteiger partial charge in [-0.05, 0) is 44.5 Å². The highest BCUT2D eigenvalue weighted by molar-refractivity contribution is 5.86. The minimum atomic E-state index is 0.0372. The fourth-order valence-electron chi connectivity index (χ4n) is 2.98. The summed E-state index contributed by atoms with van der Waals surface area (Å²) in [6.45, 7) is 6.03. The largest absolute Gasteiger partial charge is 0.497 e. The molecule has 3 rings (SSSR count). The number of aromatic amines is 1. The minimum absolute atomic E-state index is 0.0372. The van der Waals surface area contributed by atoms with Crippen LogP contribution in [0.4, 0.5) is 0 Å². The number of fused-ring (bicyclic) bond motifs is 1. The summed E-state index contributed by atoms with van der Waals surface area (Å²) < 4.78 is 5.24. The van der Waals surface area contributed by atoms with Gasteiger partial charge in [0.25, 0.3) is 0 Å². The van der Waals surface area contributed by atoms with Crippen LogP contribution in [0.3, 0.4) is 0 Å². The topological polar surface area (TPSA) is 42.1 Å². The molecule has 3 heteroatoms. The van der Waals surface area contributed by atoms with Crippen molar-refractivity contribution in [1.82, 2.24) is 4.98 Å². The van der Waals surface area contributed by atoms with Gasteiger partial charge < -0.3 is 9.72 Å². The fraction of sp³-hybridized carbons (Fsp3) is 0.211. The summed E-state index contributed by atoms with van der Waals surface area (Å²) >= 11 is 0. The molecule has 0 radical (unpaired) electrons. The summed E-state index contributed by atoms with van der Waals surface area (Å²) in [5.41, 5.74) is 5.74. The minimum Gasteiger partial charge on any atom is -0.497 e. The number of ether oxygens (including phenoxy) is 1. The van der Waals surface area contributed by atoms with Crippen LogP contribution in [0.25, 0.3) is 22.0 Å². The molecule has 1 heterocycles. The van der Waals surface area contributed by atoms with Crippen molar-refractivity contribution in [2.24, 2.45) is 0 Å². The Morgan fingerprint density at radius 1 is 0.955 bits per heavy atom. The molecule has 0 aliphatic carbocycles. The summed E-state index contributed by atoms with van der Waals surface area (Å²) in [5, 5.41) is 0.652. The number of rotatable bonds is 2. The van der Waals surface area contributed by atoms with E-state index in [0.717, 1.165) is 33.5 Å². The summed E-state index contributed by atoms with van der Waals surface area (Å²) in [5.74, 6) is 0.688. The second-order valence-corrected chi connectivity index (χ2v) is 5.74. The first kappa shape index (κ1) is 14.4. The molecule has 0 saturated heterocycles. The van der Waals surface area contributed by atoms with Gasteiger partial charge in [-0.25, -0.2) is 0 Å². The molecular weight excluding hydrogens is 274 g/mol. The van der Waals surface area contributed by atoms with Crippen LogP contribution < -0.4 is 10.2 Å². The van der Waals surface area contributed by atoms with Crippen molar-refractivity contribution >= 4 is 10.9 Å². The number of aromatic nitrogens is 1. The quantitative estimate of drug-likeness (QED) is 0.772. The molecule has 1 N–H and O–H groups in total. The Labute approximate surface area is 129 Å². The van der Waals surface area contributed by atoms with Crippen molar-refractivity contribution in [3.8, 4) is 16.9 Å². The SMILES string of the molecule is COc1ccc2[nH]c(C)c(-c3cc(C)cc(C)c3)c(=O)c2c1. The van der Waals surface area contributed by atoms with E-state index in [9.17, 15) is 4.79 Å². The molecule has 22 heavy (non-hydrogen) atoms. The van der Waals surface area contributed by atoms with Crippen molar-refractivity contribution < 1.29 is 4.74 Å². The first-order valence-corrected chi connectivity index (χ1v) is 7.29. The second kappa shape index (κ2) is 5.34. The average Bonchev–Trinajstić information content (AvgIpc) is 2.46. The highest BCUT2D eigenvalue weighted by Gasteiger charge is 2.12. The van der Waals surface area contributed by atoms with Crippen LogP contribution in [0.5, 0.6) is 5.75 Å². The summed E-state index contributed by atoms with van der Waals surface area (Å²) in [7, 11) is 1.61. The molecule has 3 nitrogen and oxygen atoms in total. The lowest BCUT2D eigenvalue weighted by molar-refractivity contribution is 0.415. The summed E-state index contributed by atoms with van der Waals surface area (Å²) in [6.07, 6.45) is 0. The van der Waals surface area contributed by atoms with Crippen molar-refractivity contribution in [2.45, 2.75) is 20.8 Å². The third kappa shape index (κ3) is 2.39. The lowest BCUT2D eigenvalue weighted by Crippen LogP contribution is -2.10. The van der Waals surface area contributed by atoms with Gasteiger partial charge in [-0.2, -0.15) is 0 Å². The third-order valence-electron chi connectivity index (χ3n) is 3.91. The molecule has 112 valence electrons. The maximum atomic E-state index is 13.0. The van der Waals surface area contributed by atoms with Gasteiger partial charge in [0.2, 0.25) is 0 Å². The molecule has 0 aliphatic heterocycles. The number of hydrogen-bond donors (Lipinski definition) is 1. The van der Waals surface area contributed by atoms with Crippen molar-refractivity contribution in [3.05, 3.63) is 63.4 Å². The van der Waals surface area contributed by atoms with Crippen molar-refractivity contribution in [2.75, 3.05) is 7.11 Å². The van der Waals surface area contributed by atoms with E-state index in [1.807, 2.05) is 32.9 Å². The molecule has 0 bridgehead atoms. The predicted octanol–water partition coefficient (Wildman–Crippen LogP) is 4.13. The van der Waals surface area contributed by atoms with Crippen LogP contribution in [0.15, 0.2) is 41.2 Å². The zero-order valence-corrected chi connectivity index (χ0v) is 13.3. The lowest BCUT2D eigenvalue weighted by atomic mass is 9.98. The molecule has 0 fully saturated rings. The first-order valence-electron chi connectivity index (χ1n) is 7.29. The summed E-state index contributed by atoms with van der Waals surface area (Å²) in [4.78, 5) is 16.3. The number of nitrogens with one attached hydrogen (secondary N) is 1. The number of H-pyrrole nitrogens is 1. The van der Waals surface area contributed by atoms with Gasteiger partial charge in [0, 0.05) is 22.2 Å². The average molecular weight is 293 g/mol. The van der Waals surface area contributed by atoms with Crippen LogP contribution >= 0.6 is 0 Å². The molecule has 3 aromatic rings. The van der Waals surface area contributed by atoms with Crippen LogP contribution in [0.1, 0.15) is 16.8 Å². The molecule has 2 aromatic carbocycles. The van der Waals surface area contributed by atoms with Gasteiger partial charge >= 0.3 is 0 Å². The van der Waals surface area contributed by atoms with Gasteiger partial charge in [0.05, 0.1) is 7.11 Å². The van der Waals surface area contributed by atoms with Crippen LogP contribution in [-0.4, -0.2) is 12.1 Å². The van der Waals surface area contributed by atoms with E-state index in [4.69, 9.17) is 4.74 Å². The Bertz CT molecular complexity index is 902. The molecule has 1 aromatic heterocycles. The van der Waals surface area contributed by atoms with Crippen LogP contribution in [0, 0.1) is 20.8 Å². The van der Waals surface area contributed by atoms with E-state index < -0.39 is 0 Å².